The number of nitrogens with zero attached hydrogens (tertiary/aromatic N) is 3. The molecule has 1 aliphatic heterocycles. The molecule has 3 aromatic rings. The number of imidazole rings is 1. The Kier molecular flexibility index (Phi) is 4.83. The van der Waals surface area contributed by atoms with E-state index >= 15 is 0 Å². The summed E-state index contributed by atoms with van der Waals surface area (Å²) < 4.78 is 70.8. The zero-order valence-corrected chi connectivity index (χ0v) is 16.8. The zero-order valence-electron chi connectivity index (χ0n) is 15.3. The molecule has 0 atom stereocenters. The summed E-state index contributed by atoms with van der Waals surface area (Å²) in [6.07, 6.45) is 0.230. The summed E-state index contributed by atoms with van der Waals surface area (Å²) in [6.45, 7) is 0.127. The molecule has 0 aromatic carbocycles. The number of sulfonamides is 1. The highest BCUT2D eigenvalue weighted by atomic mass is 35.5. The molecule has 1 amide bonds. The lowest BCUT2D eigenvalue weighted by Crippen LogP contribution is -2.60. The fourth-order valence-electron chi connectivity index (χ4n) is 3.11. The molecule has 1 fully saturated rings. The SMILES string of the molecule is CS(=O)(=O)N1CC(NC(=O)c2nc3c(C(F)(F)F)cc(-c4ccoc4)cn3c2Cl)C1. The number of alkyl halides is 3. The highest BCUT2D eigenvalue weighted by Gasteiger charge is 2.38. The van der Waals surface area contributed by atoms with Crippen molar-refractivity contribution in [2.45, 2.75) is 12.2 Å². The van der Waals surface area contributed by atoms with E-state index in [4.69, 9.17) is 16.0 Å². The fraction of sp³-hybridized carbons (Fsp3) is 0.294. The van der Waals surface area contributed by atoms with E-state index in [1.54, 1.807) is 0 Å². The standard InChI is InChI=1S/C17H14ClF3N4O4S/c1-30(27,28)24-6-11(7-24)22-16(26)13-14(18)25-5-10(9-2-3-29-8-9)4-12(15(25)23-13)17(19,20)21/h2-5,8,11H,6-7H2,1H3,(H,22,26). The van der Waals surface area contributed by atoms with Gasteiger partial charge in [0.1, 0.15) is 5.15 Å². The monoisotopic (exact) mass is 462 g/mol. The first kappa shape index (κ1) is 20.7. The molecule has 8 nitrogen and oxygen atoms in total. The normalized spacial score (nSPS) is 16.0. The van der Waals surface area contributed by atoms with Gasteiger partial charge in [-0.05, 0) is 12.1 Å². The van der Waals surface area contributed by atoms with E-state index in [-0.39, 0.29) is 29.5 Å². The van der Waals surface area contributed by atoms with Gasteiger partial charge in [-0.25, -0.2) is 13.4 Å². The maximum atomic E-state index is 13.6. The predicted octanol–water partition coefficient (Wildman–Crippen LogP) is 2.64. The van der Waals surface area contributed by atoms with Crippen molar-refractivity contribution < 1.29 is 30.8 Å². The average Bonchev–Trinajstić information content (AvgIpc) is 3.23. The van der Waals surface area contributed by atoms with Crippen molar-refractivity contribution in [3.63, 3.8) is 0 Å². The van der Waals surface area contributed by atoms with Crippen LogP contribution in [-0.2, 0) is 16.2 Å². The van der Waals surface area contributed by atoms with Crippen LogP contribution in [-0.4, -0.2) is 53.4 Å². The van der Waals surface area contributed by atoms with Crippen LogP contribution in [0.3, 0.4) is 0 Å². The summed E-state index contributed by atoms with van der Waals surface area (Å²) in [7, 11) is -3.37. The number of hydrogen-bond donors (Lipinski definition) is 1. The second-order valence-electron chi connectivity index (χ2n) is 6.85. The molecule has 1 saturated heterocycles. The smallest absolute Gasteiger partial charge is 0.420 e. The van der Waals surface area contributed by atoms with Crippen molar-refractivity contribution in [1.82, 2.24) is 19.0 Å². The van der Waals surface area contributed by atoms with Gasteiger partial charge in [0.25, 0.3) is 5.91 Å². The van der Waals surface area contributed by atoms with Gasteiger partial charge in [-0.2, -0.15) is 17.5 Å². The van der Waals surface area contributed by atoms with Crippen LogP contribution < -0.4 is 5.32 Å². The van der Waals surface area contributed by atoms with Crippen LogP contribution in [0.1, 0.15) is 16.1 Å². The van der Waals surface area contributed by atoms with Gasteiger partial charge in [0.05, 0.1) is 30.4 Å². The zero-order chi connectivity index (χ0) is 21.8. The van der Waals surface area contributed by atoms with Gasteiger partial charge < -0.3 is 9.73 Å². The summed E-state index contributed by atoms with van der Waals surface area (Å²) >= 11 is 6.20. The molecule has 4 rings (SSSR count). The van der Waals surface area contributed by atoms with E-state index in [1.807, 2.05) is 0 Å². The number of furan rings is 1. The molecule has 30 heavy (non-hydrogen) atoms. The van der Waals surface area contributed by atoms with Gasteiger partial charge in [-0.3, -0.25) is 9.20 Å². The molecule has 1 aliphatic rings. The molecule has 13 heteroatoms. The number of nitrogens with one attached hydrogen (secondary N) is 1. The fourth-order valence-corrected chi connectivity index (χ4v) is 4.27. The Balaban J connectivity index is 1.70. The van der Waals surface area contributed by atoms with Crippen LogP contribution in [0.5, 0.6) is 0 Å². The number of rotatable bonds is 4. The lowest BCUT2D eigenvalue weighted by atomic mass is 10.1. The van der Waals surface area contributed by atoms with Crippen molar-refractivity contribution in [2.75, 3.05) is 19.3 Å². The molecule has 3 aromatic heterocycles. The molecule has 0 aliphatic carbocycles. The minimum Gasteiger partial charge on any atom is -0.472 e. The highest BCUT2D eigenvalue weighted by molar-refractivity contribution is 7.88. The second-order valence-corrected chi connectivity index (χ2v) is 9.19. The summed E-state index contributed by atoms with van der Waals surface area (Å²) in [4.78, 5) is 16.4. The summed E-state index contributed by atoms with van der Waals surface area (Å²) in [5.74, 6) is -0.792. The number of fused-ring (bicyclic) bond motifs is 1. The third-order valence-corrected chi connectivity index (χ3v) is 6.29. The first-order chi connectivity index (χ1) is 13.9. The van der Waals surface area contributed by atoms with E-state index in [1.165, 1.54) is 24.8 Å². The number of aromatic nitrogens is 2. The number of amides is 1. The number of hydrogen-bond acceptors (Lipinski definition) is 5. The lowest BCUT2D eigenvalue weighted by molar-refractivity contribution is -0.136. The average molecular weight is 463 g/mol. The van der Waals surface area contributed by atoms with Crippen LogP contribution in [0.25, 0.3) is 16.8 Å². The Hall–Kier alpha value is -2.57. The summed E-state index contributed by atoms with van der Waals surface area (Å²) in [6, 6.07) is 1.90. The summed E-state index contributed by atoms with van der Waals surface area (Å²) in [5, 5.41) is 2.24. The van der Waals surface area contributed by atoms with E-state index in [2.05, 4.69) is 10.3 Å². The van der Waals surface area contributed by atoms with E-state index in [9.17, 15) is 26.4 Å². The third kappa shape index (κ3) is 3.66. The number of carbonyl (C=O) groups is 1. The quantitative estimate of drug-likeness (QED) is 0.643. The molecule has 0 radical (unpaired) electrons. The van der Waals surface area contributed by atoms with Crippen LogP contribution >= 0.6 is 11.6 Å². The van der Waals surface area contributed by atoms with Gasteiger partial charge >= 0.3 is 6.18 Å². The molecule has 1 N–H and O–H groups in total. The highest BCUT2D eigenvalue weighted by Crippen LogP contribution is 2.37. The van der Waals surface area contributed by atoms with Crippen molar-refractivity contribution >= 4 is 33.2 Å². The largest absolute Gasteiger partial charge is 0.472 e. The Labute approximate surface area is 173 Å². The molecule has 160 valence electrons. The maximum absolute atomic E-state index is 13.6. The first-order valence-electron chi connectivity index (χ1n) is 8.52. The molecular weight excluding hydrogens is 449 g/mol. The molecular formula is C17H14ClF3N4O4S. The Morgan fingerprint density at radius 3 is 2.60 bits per heavy atom. The van der Waals surface area contributed by atoms with Gasteiger partial charge in [0, 0.05) is 30.4 Å². The topological polar surface area (TPSA) is 96.9 Å². The predicted molar refractivity (Wildman–Crippen MR) is 101 cm³/mol. The maximum Gasteiger partial charge on any atom is 0.420 e. The first-order valence-corrected chi connectivity index (χ1v) is 10.7. The van der Waals surface area contributed by atoms with E-state index in [0.29, 0.717) is 5.56 Å². The number of pyridine rings is 1. The van der Waals surface area contributed by atoms with E-state index in [0.717, 1.165) is 21.0 Å². The van der Waals surface area contributed by atoms with Crippen LogP contribution in [0.15, 0.2) is 35.3 Å². The molecule has 4 heterocycles. The number of halogens is 4. The van der Waals surface area contributed by atoms with Crippen LogP contribution in [0.2, 0.25) is 5.15 Å². The Morgan fingerprint density at radius 1 is 1.33 bits per heavy atom. The minimum atomic E-state index is -4.74. The minimum absolute atomic E-state index is 0.0635. The van der Waals surface area contributed by atoms with Crippen molar-refractivity contribution in [3.05, 3.63) is 47.3 Å². The molecule has 0 saturated carbocycles. The second kappa shape index (κ2) is 7.00. The van der Waals surface area contributed by atoms with Crippen molar-refractivity contribution in [1.29, 1.82) is 0 Å². The third-order valence-electron chi connectivity index (χ3n) is 4.69. The molecule has 0 bridgehead atoms. The Morgan fingerprint density at radius 2 is 2.03 bits per heavy atom. The number of carbonyl (C=O) groups excluding carboxylic acids is 1. The summed E-state index contributed by atoms with van der Waals surface area (Å²) in [5.41, 5.74) is -1.39. The molecule has 0 unspecified atom stereocenters. The van der Waals surface area contributed by atoms with Crippen LogP contribution in [0.4, 0.5) is 13.2 Å². The lowest BCUT2D eigenvalue weighted by Gasteiger charge is -2.37. The van der Waals surface area contributed by atoms with Crippen molar-refractivity contribution in [2.24, 2.45) is 0 Å². The van der Waals surface area contributed by atoms with Gasteiger partial charge in [0.2, 0.25) is 10.0 Å². The van der Waals surface area contributed by atoms with Crippen LogP contribution in [0, 0.1) is 0 Å². The van der Waals surface area contributed by atoms with Gasteiger partial charge in [0.15, 0.2) is 11.3 Å². The molecule has 0 spiro atoms. The van der Waals surface area contributed by atoms with Crippen molar-refractivity contribution in [3.8, 4) is 11.1 Å². The van der Waals surface area contributed by atoms with Gasteiger partial charge in [-0.15, -0.1) is 0 Å². The van der Waals surface area contributed by atoms with E-state index < -0.39 is 39.4 Å². The van der Waals surface area contributed by atoms with Gasteiger partial charge in [-0.1, -0.05) is 11.6 Å². The Bertz CT molecular complexity index is 1230.